The van der Waals surface area contributed by atoms with Gasteiger partial charge >= 0.3 is 5.76 Å². The average molecular weight is 178 g/mol. The molecule has 4 heteroatoms. The average Bonchev–Trinajstić information content (AvgIpc) is 2.44. The van der Waals surface area contributed by atoms with E-state index in [0.717, 1.165) is 11.1 Å². The molecule has 2 rings (SSSR count). The van der Waals surface area contributed by atoms with Gasteiger partial charge in [0.05, 0.1) is 5.52 Å². The summed E-state index contributed by atoms with van der Waals surface area (Å²) in [6.45, 7) is 3.71. The maximum atomic E-state index is 10.9. The van der Waals surface area contributed by atoms with Gasteiger partial charge in [0.15, 0.2) is 5.58 Å². The van der Waals surface area contributed by atoms with Gasteiger partial charge in [0.1, 0.15) is 0 Å². The molecule has 68 valence electrons. The zero-order valence-corrected chi connectivity index (χ0v) is 7.47. The minimum atomic E-state index is -0.438. The lowest BCUT2D eigenvalue weighted by Gasteiger charge is -2.01. The quantitative estimate of drug-likeness (QED) is 0.597. The maximum absolute atomic E-state index is 10.9. The molecule has 0 spiro atoms. The molecule has 13 heavy (non-hydrogen) atoms. The molecule has 1 aromatic carbocycles. The minimum absolute atomic E-state index is 0.438. The Morgan fingerprint density at radius 2 is 2.15 bits per heavy atom. The fraction of sp³-hybridized carbons (Fsp3) is 0.222. The second-order valence-corrected chi connectivity index (χ2v) is 3.13. The van der Waals surface area contributed by atoms with Crippen LogP contribution in [-0.4, -0.2) is 4.98 Å². The standard InChI is InChI=1S/C9H10N2O2/c1-4-3-6(10)5(2)7-8(4)13-9(12)11-7/h3H,10H2,1-2H3,(H,11,12). The van der Waals surface area contributed by atoms with Crippen molar-refractivity contribution >= 4 is 16.8 Å². The van der Waals surface area contributed by atoms with Gasteiger partial charge in [-0.25, -0.2) is 4.79 Å². The fourth-order valence-corrected chi connectivity index (χ4v) is 1.42. The van der Waals surface area contributed by atoms with Crippen molar-refractivity contribution in [3.63, 3.8) is 0 Å². The van der Waals surface area contributed by atoms with Crippen molar-refractivity contribution in [3.8, 4) is 0 Å². The van der Waals surface area contributed by atoms with E-state index in [1.807, 2.05) is 13.8 Å². The van der Waals surface area contributed by atoms with Crippen molar-refractivity contribution in [2.45, 2.75) is 13.8 Å². The Morgan fingerprint density at radius 1 is 1.46 bits per heavy atom. The third-order valence-corrected chi connectivity index (χ3v) is 2.19. The van der Waals surface area contributed by atoms with Gasteiger partial charge < -0.3 is 10.2 Å². The third-order valence-electron chi connectivity index (χ3n) is 2.19. The van der Waals surface area contributed by atoms with E-state index >= 15 is 0 Å². The Kier molecular flexibility index (Phi) is 1.45. The zero-order chi connectivity index (χ0) is 9.59. The van der Waals surface area contributed by atoms with E-state index in [4.69, 9.17) is 10.2 Å². The monoisotopic (exact) mass is 178 g/mol. The highest BCUT2D eigenvalue weighted by Gasteiger charge is 2.09. The molecule has 1 heterocycles. The summed E-state index contributed by atoms with van der Waals surface area (Å²) in [5, 5.41) is 0. The number of hydrogen-bond donors (Lipinski definition) is 2. The number of nitrogens with one attached hydrogen (secondary N) is 1. The highest BCUT2D eigenvalue weighted by molar-refractivity contribution is 5.84. The number of anilines is 1. The normalized spacial score (nSPS) is 10.9. The van der Waals surface area contributed by atoms with Crippen molar-refractivity contribution < 1.29 is 4.42 Å². The molecule has 0 aliphatic carbocycles. The number of aromatic amines is 1. The van der Waals surface area contributed by atoms with Crippen LogP contribution in [0.2, 0.25) is 0 Å². The molecule has 3 N–H and O–H groups in total. The van der Waals surface area contributed by atoms with Gasteiger partial charge in [0, 0.05) is 5.69 Å². The number of H-pyrrole nitrogens is 1. The zero-order valence-electron chi connectivity index (χ0n) is 7.47. The molecule has 2 aromatic rings. The van der Waals surface area contributed by atoms with Crippen molar-refractivity contribution in [2.24, 2.45) is 0 Å². The summed E-state index contributed by atoms with van der Waals surface area (Å²) < 4.78 is 4.97. The Balaban J connectivity index is 3.04. The number of nitrogens with two attached hydrogens (primary N) is 1. The lowest BCUT2D eigenvalue weighted by atomic mass is 10.1. The predicted octanol–water partition coefficient (Wildman–Crippen LogP) is 1.32. The summed E-state index contributed by atoms with van der Waals surface area (Å²) in [7, 11) is 0. The van der Waals surface area contributed by atoms with Crippen molar-refractivity contribution in [1.29, 1.82) is 0 Å². The van der Waals surface area contributed by atoms with Crippen LogP contribution >= 0.6 is 0 Å². The Morgan fingerprint density at radius 3 is 2.85 bits per heavy atom. The van der Waals surface area contributed by atoms with E-state index < -0.39 is 5.76 Å². The highest BCUT2D eigenvalue weighted by Crippen LogP contribution is 2.24. The molecule has 0 amide bonds. The summed E-state index contributed by atoms with van der Waals surface area (Å²) in [6, 6.07) is 1.80. The second-order valence-electron chi connectivity index (χ2n) is 3.13. The molecule has 0 fully saturated rings. The van der Waals surface area contributed by atoms with E-state index in [-0.39, 0.29) is 0 Å². The van der Waals surface area contributed by atoms with Crippen LogP contribution in [0.4, 0.5) is 5.69 Å². The Hall–Kier alpha value is -1.71. The summed E-state index contributed by atoms with van der Waals surface area (Å²) in [5.74, 6) is -0.438. The van der Waals surface area contributed by atoms with Gasteiger partial charge in [-0.1, -0.05) is 0 Å². The van der Waals surface area contributed by atoms with Gasteiger partial charge in [-0.2, -0.15) is 0 Å². The molecule has 0 aliphatic rings. The van der Waals surface area contributed by atoms with Crippen LogP contribution in [0.1, 0.15) is 11.1 Å². The van der Waals surface area contributed by atoms with Crippen LogP contribution in [0.5, 0.6) is 0 Å². The SMILES string of the molecule is Cc1c(N)cc(C)c2oc(=O)[nH]c12. The molecular formula is C9H10N2O2. The second kappa shape index (κ2) is 2.39. The molecule has 0 saturated carbocycles. The van der Waals surface area contributed by atoms with Gasteiger partial charge in [0.2, 0.25) is 0 Å². The van der Waals surface area contributed by atoms with Crippen LogP contribution in [-0.2, 0) is 0 Å². The number of aryl methyl sites for hydroxylation is 2. The van der Waals surface area contributed by atoms with E-state index in [1.54, 1.807) is 6.07 Å². The molecule has 0 radical (unpaired) electrons. The lowest BCUT2D eigenvalue weighted by molar-refractivity contribution is 0.553. The number of rotatable bonds is 0. The summed E-state index contributed by atoms with van der Waals surface area (Å²) >= 11 is 0. The molecule has 0 atom stereocenters. The van der Waals surface area contributed by atoms with Gasteiger partial charge in [0.25, 0.3) is 0 Å². The number of benzene rings is 1. The van der Waals surface area contributed by atoms with Crippen molar-refractivity contribution in [3.05, 3.63) is 27.7 Å². The first-order chi connectivity index (χ1) is 6.09. The first-order valence-electron chi connectivity index (χ1n) is 3.98. The van der Waals surface area contributed by atoms with Gasteiger partial charge in [-0.15, -0.1) is 0 Å². The van der Waals surface area contributed by atoms with E-state index in [2.05, 4.69) is 4.98 Å². The van der Waals surface area contributed by atoms with Crippen LogP contribution in [0.3, 0.4) is 0 Å². The summed E-state index contributed by atoms with van der Waals surface area (Å²) in [4.78, 5) is 13.5. The van der Waals surface area contributed by atoms with E-state index in [1.165, 1.54) is 0 Å². The number of oxazole rings is 1. The topological polar surface area (TPSA) is 72.0 Å². The van der Waals surface area contributed by atoms with E-state index in [9.17, 15) is 4.79 Å². The number of nitrogen functional groups attached to an aromatic ring is 1. The van der Waals surface area contributed by atoms with Gasteiger partial charge in [-0.05, 0) is 31.0 Å². The van der Waals surface area contributed by atoms with Crippen LogP contribution in [0.15, 0.2) is 15.3 Å². The van der Waals surface area contributed by atoms with Crippen molar-refractivity contribution in [1.82, 2.24) is 4.98 Å². The molecule has 4 nitrogen and oxygen atoms in total. The smallest absolute Gasteiger partial charge is 0.408 e. The Bertz CT molecular complexity index is 522. The first kappa shape index (κ1) is 7.91. The molecular weight excluding hydrogens is 168 g/mol. The predicted molar refractivity (Wildman–Crippen MR) is 50.7 cm³/mol. The van der Waals surface area contributed by atoms with Crippen LogP contribution in [0, 0.1) is 13.8 Å². The lowest BCUT2D eigenvalue weighted by Crippen LogP contribution is -1.95. The summed E-state index contributed by atoms with van der Waals surface area (Å²) in [6.07, 6.45) is 0. The Labute approximate surface area is 74.4 Å². The minimum Gasteiger partial charge on any atom is -0.408 e. The molecule has 1 aromatic heterocycles. The largest absolute Gasteiger partial charge is 0.417 e. The number of hydrogen-bond acceptors (Lipinski definition) is 3. The maximum Gasteiger partial charge on any atom is 0.417 e. The molecule has 0 unspecified atom stereocenters. The first-order valence-corrected chi connectivity index (χ1v) is 3.98. The number of aromatic nitrogens is 1. The molecule has 0 bridgehead atoms. The van der Waals surface area contributed by atoms with Crippen LogP contribution < -0.4 is 11.5 Å². The highest BCUT2D eigenvalue weighted by atomic mass is 16.4. The summed E-state index contributed by atoms with van der Waals surface area (Å²) in [5.41, 5.74) is 9.42. The molecule has 0 saturated heterocycles. The van der Waals surface area contributed by atoms with Crippen molar-refractivity contribution in [2.75, 3.05) is 5.73 Å². The van der Waals surface area contributed by atoms with Crippen LogP contribution in [0.25, 0.3) is 11.1 Å². The fourth-order valence-electron chi connectivity index (χ4n) is 1.42. The molecule has 0 aliphatic heterocycles. The number of fused-ring (bicyclic) bond motifs is 1. The van der Waals surface area contributed by atoms with E-state index in [0.29, 0.717) is 16.8 Å². The third kappa shape index (κ3) is 1.02. The van der Waals surface area contributed by atoms with Gasteiger partial charge in [-0.3, -0.25) is 4.98 Å².